The van der Waals surface area contributed by atoms with Crippen LogP contribution in [0, 0.1) is 12.8 Å². The van der Waals surface area contributed by atoms with Gasteiger partial charge in [-0.05, 0) is 56.0 Å². The smallest absolute Gasteiger partial charge is 0.416 e. The molecule has 1 heterocycles. The van der Waals surface area contributed by atoms with Crippen LogP contribution in [0.4, 0.5) is 23.7 Å². The lowest BCUT2D eigenvalue weighted by molar-refractivity contribution is -0.137. The topological polar surface area (TPSA) is 70.7 Å². The maximum absolute atomic E-state index is 12.8. The van der Waals surface area contributed by atoms with Crippen molar-refractivity contribution in [2.75, 3.05) is 31.6 Å². The van der Waals surface area contributed by atoms with Crippen LogP contribution < -0.4 is 15.4 Å². The molecular weight excluding hydrogens is 423 g/mol. The number of anilines is 1. The normalized spacial score (nSPS) is 16.4. The number of aryl methyl sites for hydroxylation is 1. The summed E-state index contributed by atoms with van der Waals surface area (Å²) in [5.74, 6) is -0.211. The van der Waals surface area contributed by atoms with E-state index in [1.54, 1.807) is 4.90 Å². The van der Waals surface area contributed by atoms with Crippen LogP contribution in [0.3, 0.4) is 0 Å². The van der Waals surface area contributed by atoms with Crippen molar-refractivity contribution < 1.29 is 27.5 Å². The van der Waals surface area contributed by atoms with Gasteiger partial charge >= 0.3 is 12.2 Å². The van der Waals surface area contributed by atoms with Crippen molar-refractivity contribution in [3.05, 3.63) is 59.7 Å². The van der Waals surface area contributed by atoms with Gasteiger partial charge in [0.1, 0.15) is 5.75 Å². The summed E-state index contributed by atoms with van der Waals surface area (Å²) in [5, 5.41) is 5.59. The van der Waals surface area contributed by atoms with Crippen LogP contribution in [0.15, 0.2) is 48.5 Å². The molecule has 0 aliphatic carbocycles. The van der Waals surface area contributed by atoms with Crippen molar-refractivity contribution >= 4 is 17.6 Å². The molecule has 0 bridgehead atoms. The average molecular weight is 449 g/mol. The number of hydrogen-bond donors (Lipinski definition) is 2. The quantitative estimate of drug-likeness (QED) is 0.685. The Hall–Kier alpha value is -3.23. The number of hydrogen-bond acceptors (Lipinski definition) is 3. The number of piperidine rings is 1. The Bertz CT molecular complexity index is 932. The first-order valence-electron chi connectivity index (χ1n) is 10.4. The van der Waals surface area contributed by atoms with Crippen molar-refractivity contribution in [2.24, 2.45) is 5.92 Å². The lowest BCUT2D eigenvalue weighted by atomic mass is 9.98. The molecule has 2 aromatic rings. The Morgan fingerprint density at radius 2 is 1.91 bits per heavy atom. The molecule has 3 amide bonds. The van der Waals surface area contributed by atoms with E-state index in [1.807, 2.05) is 31.2 Å². The van der Waals surface area contributed by atoms with E-state index in [0.717, 1.165) is 30.5 Å². The van der Waals surface area contributed by atoms with Gasteiger partial charge in [0.25, 0.3) is 5.91 Å². The van der Waals surface area contributed by atoms with Crippen LogP contribution in [0.5, 0.6) is 5.75 Å². The van der Waals surface area contributed by atoms with Gasteiger partial charge in [-0.25, -0.2) is 4.79 Å². The van der Waals surface area contributed by atoms with Gasteiger partial charge in [-0.1, -0.05) is 23.8 Å². The minimum Gasteiger partial charge on any atom is -0.484 e. The summed E-state index contributed by atoms with van der Waals surface area (Å²) in [6, 6.07) is 11.6. The molecule has 32 heavy (non-hydrogen) atoms. The molecule has 1 unspecified atom stereocenters. The van der Waals surface area contributed by atoms with Crippen LogP contribution in [0.25, 0.3) is 0 Å². The van der Waals surface area contributed by atoms with E-state index in [2.05, 4.69) is 10.6 Å². The number of amides is 3. The Kier molecular flexibility index (Phi) is 7.61. The average Bonchev–Trinajstić information content (AvgIpc) is 2.77. The number of carbonyl (C=O) groups excluding carboxylic acids is 2. The Labute approximate surface area is 184 Å². The van der Waals surface area contributed by atoms with Crippen molar-refractivity contribution in [2.45, 2.75) is 25.9 Å². The summed E-state index contributed by atoms with van der Waals surface area (Å²) in [4.78, 5) is 26.2. The summed E-state index contributed by atoms with van der Waals surface area (Å²) < 4.78 is 43.7. The standard InChI is InChI=1S/C23H26F3N3O3/c1-16-7-9-19(10-8-16)28-22(31)27-13-17-4-3-11-29(14-17)21(30)15-32-20-6-2-5-18(12-20)23(24,25)26/h2,5-10,12,17H,3-4,11,13-15H2,1H3,(H2,27,28,31). The molecule has 1 atom stereocenters. The summed E-state index contributed by atoms with van der Waals surface area (Å²) in [5.41, 5.74) is 0.968. The SMILES string of the molecule is Cc1ccc(NC(=O)NCC2CCCN(C(=O)COc3cccc(C(F)(F)F)c3)C2)cc1. The van der Waals surface area contributed by atoms with E-state index < -0.39 is 11.7 Å². The van der Waals surface area contributed by atoms with Crippen LogP contribution >= 0.6 is 0 Å². The molecule has 172 valence electrons. The zero-order valence-corrected chi connectivity index (χ0v) is 17.7. The monoisotopic (exact) mass is 449 g/mol. The van der Waals surface area contributed by atoms with Crippen LogP contribution in [0.1, 0.15) is 24.0 Å². The fourth-order valence-corrected chi connectivity index (χ4v) is 3.51. The summed E-state index contributed by atoms with van der Waals surface area (Å²) in [7, 11) is 0. The number of urea groups is 1. The number of alkyl halides is 3. The van der Waals surface area contributed by atoms with Crippen LogP contribution in [0.2, 0.25) is 0 Å². The highest BCUT2D eigenvalue weighted by molar-refractivity contribution is 5.89. The zero-order chi connectivity index (χ0) is 23.1. The fourth-order valence-electron chi connectivity index (χ4n) is 3.51. The number of nitrogens with one attached hydrogen (secondary N) is 2. The van der Waals surface area contributed by atoms with Crippen molar-refractivity contribution in [1.29, 1.82) is 0 Å². The Balaban J connectivity index is 1.44. The van der Waals surface area contributed by atoms with Gasteiger partial charge in [-0.3, -0.25) is 4.79 Å². The Morgan fingerprint density at radius 3 is 2.62 bits per heavy atom. The largest absolute Gasteiger partial charge is 0.484 e. The summed E-state index contributed by atoms with van der Waals surface area (Å²) in [6.07, 6.45) is -2.83. The third-order valence-corrected chi connectivity index (χ3v) is 5.26. The van der Waals surface area contributed by atoms with Crippen molar-refractivity contribution in [1.82, 2.24) is 10.2 Å². The maximum Gasteiger partial charge on any atom is 0.416 e. The zero-order valence-electron chi connectivity index (χ0n) is 17.7. The molecule has 3 rings (SSSR count). The molecule has 2 aromatic carbocycles. The number of benzene rings is 2. The molecule has 1 saturated heterocycles. The van der Waals surface area contributed by atoms with Gasteiger partial charge in [0.15, 0.2) is 6.61 Å². The van der Waals surface area contributed by atoms with Gasteiger partial charge in [0, 0.05) is 25.3 Å². The molecule has 1 aliphatic rings. The van der Waals surface area contributed by atoms with Gasteiger partial charge < -0.3 is 20.3 Å². The van der Waals surface area contributed by atoms with Crippen LogP contribution in [-0.4, -0.2) is 43.1 Å². The molecule has 2 N–H and O–H groups in total. The Morgan fingerprint density at radius 1 is 1.16 bits per heavy atom. The lowest BCUT2D eigenvalue weighted by Gasteiger charge is -2.32. The summed E-state index contributed by atoms with van der Waals surface area (Å²) in [6.45, 7) is 3.04. The first-order valence-corrected chi connectivity index (χ1v) is 10.4. The van der Waals surface area contributed by atoms with Gasteiger partial charge in [-0.2, -0.15) is 13.2 Å². The first-order chi connectivity index (χ1) is 15.2. The second-order valence-corrected chi connectivity index (χ2v) is 7.86. The molecule has 6 nitrogen and oxygen atoms in total. The second-order valence-electron chi connectivity index (χ2n) is 7.86. The minimum absolute atomic E-state index is 0.00354. The molecule has 0 saturated carbocycles. The van der Waals surface area contributed by atoms with Crippen LogP contribution in [-0.2, 0) is 11.0 Å². The number of rotatable bonds is 6. The predicted molar refractivity (Wildman–Crippen MR) is 114 cm³/mol. The highest BCUT2D eigenvalue weighted by atomic mass is 19.4. The van der Waals surface area contributed by atoms with E-state index in [1.165, 1.54) is 12.1 Å². The molecule has 9 heteroatoms. The highest BCUT2D eigenvalue weighted by Gasteiger charge is 2.31. The molecule has 1 aliphatic heterocycles. The van der Waals surface area contributed by atoms with Gasteiger partial charge in [0.2, 0.25) is 0 Å². The number of ether oxygens (including phenoxy) is 1. The van der Waals surface area contributed by atoms with E-state index >= 15 is 0 Å². The first kappa shape index (κ1) is 23.4. The summed E-state index contributed by atoms with van der Waals surface area (Å²) >= 11 is 0. The number of likely N-dealkylation sites (tertiary alicyclic amines) is 1. The number of carbonyl (C=O) groups is 2. The molecule has 1 fully saturated rings. The van der Waals surface area contributed by atoms with E-state index in [4.69, 9.17) is 4.74 Å². The minimum atomic E-state index is -4.47. The van der Waals surface area contributed by atoms with E-state index in [-0.39, 0.29) is 30.2 Å². The molecule has 0 radical (unpaired) electrons. The maximum atomic E-state index is 12.8. The third kappa shape index (κ3) is 6.90. The number of halogens is 3. The molecule has 0 aromatic heterocycles. The van der Waals surface area contributed by atoms with E-state index in [0.29, 0.717) is 25.3 Å². The molecule has 0 spiro atoms. The van der Waals surface area contributed by atoms with Gasteiger partial charge in [0.05, 0.1) is 5.56 Å². The van der Waals surface area contributed by atoms with Crippen molar-refractivity contribution in [3.8, 4) is 5.75 Å². The fraction of sp³-hybridized carbons (Fsp3) is 0.391. The second kappa shape index (κ2) is 10.4. The highest BCUT2D eigenvalue weighted by Crippen LogP contribution is 2.31. The van der Waals surface area contributed by atoms with Gasteiger partial charge in [-0.15, -0.1) is 0 Å². The predicted octanol–water partition coefficient (Wildman–Crippen LogP) is 4.45. The van der Waals surface area contributed by atoms with E-state index in [9.17, 15) is 22.8 Å². The lowest BCUT2D eigenvalue weighted by Crippen LogP contribution is -2.45. The van der Waals surface area contributed by atoms with Crippen molar-refractivity contribution in [3.63, 3.8) is 0 Å². The molecular formula is C23H26F3N3O3. The number of nitrogens with zero attached hydrogens (tertiary/aromatic N) is 1. The third-order valence-electron chi connectivity index (χ3n) is 5.26.